The lowest BCUT2D eigenvalue weighted by Gasteiger charge is -2.25. The zero-order valence-electron chi connectivity index (χ0n) is 25.2. The fourth-order valence-electron chi connectivity index (χ4n) is 6.86. The van der Waals surface area contributed by atoms with Gasteiger partial charge in [-0.3, -0.25) is 9.47 Å². The Hall–Kier alpha value is -5.73. The molecular weight excluding hydrogens is 574 g/mol. The Kier molecular flexibility index (Phi) is 6.84. The zero-order chi connectivity index (χ0) is 31.1. The highest BCUT2D eigenvalue weighted by Gasteiger charge is 2.44. The molecule has 0 aliphatic carbocycles. The van der Waals surface area contributed by atoms with Crippen molar-refractivity contribution in [2.24, 2.45) is 5.41 Å². The molecule has 46 heavy (non-hydrogen) atoms. The monoisotopic (exact) mass is 605 g/mol. The number of fused-ring (bicyclic) bond motifs is 1. The Morgan fingerprint density at radius 3 is 2.50 bits per heavy atom. The van der Waals surface area contributed by atoms with Gasteiger partial charge in [0.15, 0.2) is 11.5 Å². The molecule has 2 aromatic carbocycles. The predicted molar refractivity (Wildman–Crippen MR) is 176 cm³/mol. The summed E-state index contributed by atoms with van der Waals surface area (Å²) in [6.45, 7) is 4.71. The number of benzene rings is 2. The molecular formula is C35H31N11. The number of nitrogens with zero attached hydrogens (tertiary/aromatic N) is 10. The summed E-state index contributed by atoms with van der Waals surface area (Å²) in [5.41, 5.74) is 13.0. The maximum atomic E-state index is 9.19. The fraction of sp³-hybridized carbons (Fsp3) is 0.229. The summed E-state index contributed by atoms with van der Waals surface area (Å²) in [6.07, 6.45) is 5.33. The summed E-state index contributed by atoms with van der Waals surface area (Å²) < 4.78 is 2.08. The van der Waals surface area contributed by atoms with E-state index in [0.29, 0.717) is 17.6 Å². The van der Waals surface area contributed by atoms with E-state index in [1.165, 1.54) is 11.9 Å². The third kappa shape index (κ3) is 5.08. The highest BCUT2D eigenvalue weighted by Crippen LogP contribution is 2.41. The highest BCUT2D eigenvalue weighted by molar-refractivity contribution is 5.84. The van der Waals surface area contributed by atoms with Crippen molar-refractivity contribution in [3.63, 3.8) is 0 Å². The number of rotatable bonds is 6. The molecule has 0 bridgehead atoms. The number of hydrogen-bond donors (Lipinski definition) is 1. The number of anilines is 2. The number of nitrogen functional groups attached to an aromatic ring is 1. The van der Waals surface area contributed by atoms with Crippen LogP contribution in [0.15, 0.2) is 91.4 Å². The van der Waals surface area contributed by atoms with Gasteiger partial charge in [-0.1, -0.05) is 42.5 Å². The topological polar surface area (TPSA) is 139 Å². The van der Waals surface area contributed by atoms with E-state index in [2.05, 4.69) is 70.7 Å². The van der Waals surface area contributed by atoms with Crippen LogP contribution in [0.25, 0.3) is 39.5 Å². The standard InChI is InChI=1S/C35H31N11/c36-19-30-39-23-40-34(43-30)45-18-15-35(22-45)14-17-44(21-35)20-24-8-10-26(11-9-24)46-32(27-7-4-16-38-31(27)37)42-29-13-12-28(41-33(29)46)25-5-2-1-3-6-25/h1-13,16,23H,14-15,17-18,20-22H2,(H2,37,38)/t35-/m0/s1. The summed E-state index contributed by atoms with van der Waals surface area (Å²) in [5.74, 6) is 1.89. The minimum absolute atomic E-state index is 0.162. The summed E-state index contributed by atoms with van der Waals surface area (Å²) in [7, 11) is 0. The Morgan fingerprint density at radius 2 is 1.67 bits per heavy atom. The van der Waals surface area contributed by atoms with Crippen molar-refractivity contribution in [2.75, 3.05) is 36.8 Å². The predicted octanol–water partition coefficient (Wildman–Crippen LogP) is 4.89. The number of pyridine rings is 2. The first-order chi connectivity index (χ1) is 22.6. The molecule has 226 valence electrons. The van der Waals surface area contributed by atoms with E-state index >= 15 is 0 Å². The van der Waals surface area contributed by atoms with Crippen molar-refractivity contribution < 1.29 is 0 Å². The molecule has 1 spiro atoms. The lowest BCUT2D eigenvalue weighted by molar-refractivity contribution is 0.270. The number of imidazole rings is 1. The molecule has 6 heterocycles. The van der Waals surface area contributed by atoms with Crippen LogP contribution >= 0.6 is 0 Å². The number of aromatic nitrogens is 7. The van der Waals surface area contributed by atoms with Crippen LogP contribution in [0.2, 0.25) is 0 Å². The number of nitrogens with two attached hydrogens (primary N) is 1. The van der Waals surface area contributed by atoms with E-state index in [-0.39, 0.29) is 11.2 Å². The van der Waals surface area contributed by atoms with Gasteiger partial charge in [0.25, 0.3) is 0 Å². The molecule has 6 aromatic rings. The minimum atomic E-state index is 0.162. The Balaban J connectivity index is 1.06. The van der Waals surface area contributed by atoms with Crippen molar-refractivity contribution in [3.05, 3.63) is 103 Å². The van der Waals surface area contributed by atoms with E-state index in [4.69, 9.17) is 15.7 Å². The Bertz CT molecular complexity index is 2080. The molecule has 2 aliphatic heterocycles. The normalized spacial score (nSPS) is 18.0. The molecule has 0 unspecified atom stereocenters. The van der Waals surface area contributed by atoms with Gasteiger partial charge in [0.1, 0.15) is 23.7 Å². The molecule has 0 amide bonds. The summed E-state index contributed by atoms with van der Waals surface area (Å²) in [4.78, 5) is 31.7. The summed E-state index contributed by atoms with van der Waals surface area (Å²) >= 11 is 0. The second kappa shape index (κ2) is 11.3. The average molecular weight is 606 g/mol. The van der Waals surface area contributed by atoms with E-state index in [1.54, 1.807) is 6.20 Å². The molecule has 2 fully saturated rings. The summed E-state index contributed by atoms with van der Waals surface area (Å²) in [5, 5.41) is 9.19. The van der Waals surface area contributed by atoms with Gasteiger partial charge in [-0.2, -0.15) is 10.2 Å². The van der Waals surface area contributed by atoms with Crippen molar-refractivity contribution in [1.29, 1.82) is 5.26 Å². The first kappa shape index (κ1) is 27.8. The molecule has 4 aromatic heterocycles. The summed E-state index contributed by atoms with van der Waals surface area (Å²) in [6, 6.07) is 28.7. The molecule has 2 aliphatic rings. The van der Waals surface area contributed by atoms with Gasteiger partial charge in [0.2, 0.25) is 11.8 Å². The van der Waals surface area contributed by atoms with E-state index in [0.717, 1.165) is 79.2 Å². The lowest BCUT2D eigenvalue weighted by Crippen LogP contribution is -2.31. The molecule has 2 saturated heterocycles. The first-order valence-electron chi connectivity index (χ1n) is 15.4. The molecule has 0 saturated carbocycles. The second-order valence-corrected chi connectivity index (χ2v) is 12.1. The number of nitriles is 1. The smallest absolute Gasteiger partial charge is 0.236 e. The average Bonchev–Trinajstić information content (AvgIpc) is 3.82. The van der Waals surface area contributed by atoms with Crippen LogP contribution in [0.1, 0.15) is 24.2 Å². The number of hydrogen-bond acceptors (Lipinski definition) is 10. The van der Waals surface area contributed by atoms with Crippen molar-refractivity contribution in [2.45, 2.75) is 19.4 Å². The number of likely N-dealkylation sites (tertiary alicyclic amines) is 1. The van der Waals surface area contributed by atoms with Crippen LogP contribution in [0.3, 0.4) is 0 Å². The highest BCUT2D eigenvalue weighted by atomic mass is 15.3. The van der Waals surface area contributed by atoms with Crippen molar-refractivity contribution >= 4 is 22.9 Å². The molecule has 8 rings (SSSR count). The first-order valence-corrected chi connectivity index (χ1v) is 15.4. The van der Waals surface area contributed by atoms with Gasteiger partial charge in [-0.05, 0) is 61.3 Å². The van der Waals surface area contributed by atoms with Crippen molar-refractivity contribution in [3.8, 4) is 34.4 Å². The van der Waals surface area contributed by atoms with Gasteiger partial charge in [0.05, 0.1) is 11.3 Å². The van der Waals surface area contributed by atoms with Gasteiger partial charge >= 0.3 is 0 Å². The molecule has 1 atom stereocenters. The second-order valence-electron chi connectivity index (χ2n) is 12.1. The van der Waals surface area contributed by atoms with Crippen LogP contribution < -0.4 is 10.6 Å². The van der Waals surface area contributed by atoms with Gasteiger partial charge in [-0.15, -0.1) is 0 Å². The molecule has 0 radical (unpaired) electrons. The SMILES string of the molecule is N#Cc1ncnc(N2CC[C@]3(CCN(Cc4ccc(-n5c(-c6cccnc6N)nc6ccc(-c7ccccc7)nc65)cc4)C3)C2)n1. The van der Waals surface area contributed by atoms with Crippen LogP contribution in [-0.2, 0) is 6.54 Å². The van der Waals surface area contributed by atoms with Gasteiger partial charge in [0, 0.05) is 49.0 Å². The quantitative estimate of drug-likeness (QED) is 0.279. The minimum Gasteiger partial charge on any atom is -0.383 e. The van der Waals surface area contributed by atoms with Crippen molar-refractivity contribution in [1.82, 2.24) is 39.4 Å². The maximum Gasteiger partial charge on any atom is 0.236 e. The van der Waals surface area contributed by atoms with Crippen LogP contribution in [0.5, 0.6) is 0 Å². The largest absolute Gasteiger partial charge is 0.383 e. The molecule has 11 heteroatoms. The van der Waals surface area contributed by atoms with E-state index < -0.39 is 0 Å². The van der Waals surface area contributed by atoms with E-state index in [1.807, 2.05) is 48.5 Å². The fourth-order valence-corrected chi connectivity index (χ4v) is 6.86. The van der Waals surface area contributed by atoms with Crippen LogP contribution in [-0.4, -0.2) is 65.5 Å². The Labute approximate surface area is 266 Å². The van der Waals surface area contributed by atoms with Gasteiger partial charge in [-0.25, -0.2) is 24.9 Å². The maximum absolute atomic E-state index is 9.19. The van der Waals surface area contributed by atoms with Crippen LogP contribution in [0, 0.1) is 16.7 Å². The Morgan fingerprint density at radius 1 is 0.826 bits per heavy atom. The zero-order valence-corrected chi connectivity index (χ0v) is 25.2. The van der Waals surface area contributed by atoms with Crippen LogP contribution in [0.4, 0.5) is 11.8 Å². The third-order valence-corrected chi connectivity index (χ3v) is 9.15. The lowest BCUT2D eigenvalue weighted by atomic mass is 9.86. The molecule has 11 nitrogen and oxygen atoms in total. The third-order valence-electron chi connectivity index (χ3n) is 9.15. The molecule has 2 N–H and O–H groups in total. The van der Waals surface area contributed by atoms with Gasteiger partial charge < -0.3 is 10.6 Å². The van der Waals surface area contributed by atoms with E-state index in [9.17, 15) is 5.26 Å².